The molecule has 0 bridgehead atoms. The molecule has 0 saturated carbocycles. The maximum atomic E-state index is 13.1. The number of nitrogens with zero attached hydrogens (tertiary/aromatic N) is 2. The fraction of sp³-hybridized carbons (Fsp3) is 0.385. The van der Waals surface area contributed by atoms with Crippen LogP contribution in [0.2, 0.25) is 0 Å². The molecule has 1 aromatic heterocycles. The first-order valence-electron chi connectivity index (χ1n) is 11.7. The molecule has 7 nitrogen and oxygen atoms in total. The molecular formula is C26H32N4O3S. The number of hydrogen-bond donors (Lipinski definition) is 2. The van der Waals surface area contributed by atoms with Crippen molar-refractivity contribution in [1.82, 2.24) is 15.5 Å². The summed E-state index contributed by atoms with van der Waals surface area (Å²) in [6.07, 6.45) is 2.77. The van der Waals surface area contributed by atoms with Gasteiger partial charge in [-0.3, -0.25) is 14.9 Å². The Morgan fingerprint density at radius 3 is 2.38 bits per heavy atom. The van der Waals surface area contributed by atoms with E-state index in [2.05, 4.69) is 27.8 Å². The van der Waals surface area contributed by atoms with Crippen LogP contribution in [0.5, 0.6) is 5.75 Å². The van der Waals surface area contributed by atoms with Crippen molar-refractivity contribution in [2.75, 3.05) is 11.9 Å². The van der Waals surface area contributed by atoms with Crippen molar-refractivity contribution < 1.29 is 14.3 Å². The van der Waals surface area contributed by atoms with Gasteiger partial charge in [0.05, 0.1) is 6.61 Å². The second-order valence-corrected chi connectivity index (χ2v) is 9.31. The summed E-state index contributed by atoms with van der Waals surface area (Å²) in [6.45, 7) is 8.70. The Labute approximate surface area is 205 Å². The number of benzene rings is 2. The Kier molecular flexibility index (Phi) is 9.16. The topological polar surface area (TPSA) is 93.2 Å². The number of amides is 2. The van der Waals surface area contributed by atoms with Crippen LogP contribution in [0, 0.1) is 12.8 Å². The normalized spacial score (nSPS) is 12.6. The molecule has 0 spiro atoms. The highest BCUT2D eigenvalue weighted by atomic mass is 32.1. The molecule has 2 N–H and O–H groups in total. The van der Waals surface area contributed by atoms with Gasteiger partial charge in [0.1, 0.15) is 16.8 Å². The van der Waals surface area contributed by atoms with Gasteiger partial charge >= 0.3 is 0 Å². The molecule has 0 saturated heterocycles. The van der Waals surface area contributed by atoms with E-state index < -0.39 is 6.04 Å². The minimum atomic E-state index is -0.704. The zero-order valence-electron chi connectivity index (χ0n) is 20.1. The number of aryl methyl sites for hydroxylation is 1. The highest BCUT2D eigenvalue weighted by molar-refractivity contribution is 7.18. The fourth-order valence-electron chi connectivity index (χ4n) is 3.23. The lowest BCUT2D eigenvalue weighted by Gasteiger charge is -2.23. The van der Waals surface area contributed by atoms with Crippen molar-refractivity contribution in [3.05, 3.63) is 59.7 Å². The van der Waals surface area contributed by atoms with Crippen LogP contribution < -0.4 is 15.4 Å². The largest absolute Gasteiger partial charge is 0.494 e. The van der Waals surface area contributed by atoms with Crippen molar-refractivity contribution in [3.63, 3.8) is 0 Å². The van der Waals surface area contributed by atoms with Gasteiger partial charge in [0.2, 0.25) is 11.0 Å². The standard InChI is InChI=1S/C26H32N4O3S/c1-5-7-16-33-21-14-12-19(13-15-21)23(31)27-22(18(4)6-2)24(32)28-26-30-29-25(34-26)20-10-8-17(3)9-11-20/h8-15,18,22H,5-7,16H2,1-4H3,(H,27,31)(H,28,30,32)/t18-,22+/m1/s1. The van der Waals surface area contributed by atoms with E-state index in [0.29, 0.717) is 17.3 Å². The van der Waals surface area contributed by atoms with Crippen molar-refractivity contribution in [2.24, 2.45) is 5.92 Å². The Morgan fingerprint density at radius 2 is 1.74 bits per heavy atom. The maximum Gasteiger partial charge on any atom is 0.251 e. The molecular weight excluding hydrogens is 448 g/mol. The van der Waals surface area contributed by atoms with E-state index in [1.165, 1.54) is 11.3 Å². The van der Waals surface area contributed by atoms with Gasteiger partial charge in [0.25, 0.3) is 5.91 Å². The second-order valence-electron chi connectivity index (χ2n) is 8.33. The van der Waals surface area contributed by atoms with Crippen molar-refractivity contribution in [3.8, 4) is 16.3 Å². The smallest absolute Gasteiger partial charge is 0.251 e. The molecule has 0 fully saturated rings. The van der Waals surface area contributed by atoms with Crippen LogP contribution in [0.3, 0.4) is 0 Å². The lowest BCUT2D eigenvalue weighted by atomic mass is 9.98. The zero-order valence-corrected chi connectivity index (χ0v) is 20.9. The van der Waals surface area contributed by atoms with Gasteiger partial charge in [-0.25, -0.2) is 0 Å². The van der Waals surface area contributed by atoms with E-state index in [1.54, 1.807) is 24.3 Å². The lowest BCUT2D eigenvalue weighted by molar-refractivity contribution is -0.119. The zero-order chi connectivity index (χ0) is 24.5. The molecule has 2 atom stereocenters. The van der Waals surface area contributed by atoms with Gasteiger partial charge < -0.3 is 10.1 Å². The summed E-state index contributed by atoms with van der Waals surface area (Å²) in [5.74, 6) is 0.0407. The van der Waals surface area contributed by atoms with Crippen LogP contribution in [-0.4, -0.2) is 34.7 Å². The third-order valence-corrected chi connectivity index (χ3v) is 6.51. The third kappa shape index (κ3) is 6.87. The summed E-state index contributed by atoms with van der Waals surface area (Å²) < 4.78 is 5.65. The number of carbonyl (C=O) groups excluding carboxylic acids is 2. The average molecular weight is 481 g/mol. The molecule has 0 aliphatic carbocycles. The predicted molar refractivity (Wildman–Crippen MR) is 136 cm³/mol. The number of anilines is 1. The molecule has 3 rings (SSSR count). The Morgan fingerprint density at radius 1 is 1.03 bits per heavy atom. The van der Waals surface area contributed by atoms with Crippen molar-refractivity contribution >= 4 is 28.3 Å². The Balaban J connectivity index is 1.65. The second kappa shape index (κ2) is 12.3. The molecule has 0 aliphatic rings. The molecule has 8 heteroatoms. The fourth-order valence-corrected chi connectivity index (χ4v) is 3.99. The van der Waals surface area contributed by atoms with Crippen LogP contribution in [0.25, 0.3) is 10.6 Å². The minimum absolute atomic E-state index is 0.0647. The summed E-state index contributed by atoms with van der Waals surface area (Å²) in [6, 6.07) is 14.2. The van der Waals surface area contributed by atoms with E-state index >= 15 is 0 Å². The number of unbranched alkanes of at least 4 members (excludes halogenated alkanes) is 1. The van der Waals surface area contributed by atoms with Crippen molar-refractivity contribution in [2.45, 2.75) is 53.0 Å². The Hall–Kier alpha value is -3.26. The van der Waals surface area contributed by atoms with E-state index in [9.17, 15) is 9.59 Å². The molecule has 180 valence electrons. The van der Waals surface area contributed by atoms with Crippen LogP contribution in [0.15, 0.2) is 48.5 Å². The van der Waals surface area contributed by atoms with Gasteiger partial charge in [0, 0.05) is 11.1 Å². The van der Waals surface area contributed by atoms with Crippen LogP contribution >= 0.6 is 11.3 Å². The van der Waals surface area contributed by atoms with Crippen LogP contribution in [0.1, 0.15) is 56.0 Å². The van der Waals surface area contributed by atoms with Crippen molar-refractivity contribution in [1.29, 1.82) is 0 Å². The van der Waals surface area contributed by atoms with E-state index in [4.69, 9.17) is 4.74 Å². The molecule has 34 heavy (non-hydrogen) atoms. The summed E-state index contributed by atoms with van der Waals surface area (Å²) >= 11 is 1.30. The third-order valence-electron chi connectivity index (χ3n) is 5.62. The molecule has 1 heterocycles. The van der Waals surface area contributed by atoms with E-state index in [-0.39, 0.29) is 17.7 Å². The number of ether oxygens (including phenoxy) is 1. The number of aromatic nitrogens is 2. The molecule has 0 unspecified atom stereocenters. The highest BCUT2D eigenvalue weighted by Crippen LogP contribution is 2.27. The monoisotopic (exact) mass is 480 g/mol. The highest BCUT2D eigenvalue weighted by Gasteiger charge is 2.27. The first-order valence-corrected chi connectivity index (χ1v) is 12.5. The Bertz CT molecular complexity index is 1080. The molecule has 0 aliphatic heterocycles. The van der Waals surface area contributed by atoms with Gasteiger partial charge in [0.15, 0.2) is 0 Å². The molecule has 0 radical (unpaired) electrons. The van der Waals surface area contributed by atoms with Gasteiger partial charge in [-0.2, -0.15) is 0 Å². The quantitative estimate of drug-likeness (QED) is 0.355. The van der Waals surface area contributed by atoms with E-state index in [0.717, 1.165) is 41.1 Å². The van der Waals surface area contributed by atoms with Gasteiger partial charge in [-0.1, -0.05) is 74.8 Å². The summed E-state index contributed by atoms with van der Waals surface area (Å²) in [7, 11) is 0. The number of rotatable bonds is 11. The van der Waals surface area contributed by atoms with E-state index in [1.807, 2.05) is 45.0 Å². The number of carbonyl (C=O) groups is 2. The van der Waals surface area contributed by atoms with Crippen LogP contribution in [-0.2, 0) is 4.79 Å². The maximum absolute atomic E-state index is 13.1. The number of hydrogen-bond acceptors (Lipinski definition) is 6. The first kappa shape index (κ1) is 25.4. The van der Waals surface area contributed by atoms with Gasteiger partial charge in [-0.05, 0) is 43.5 Å². The summed E-state index contributed by atoms with van der Waals surface area (Å²) in [5, 5.41) is 15.1. The first-order chi connectivity index (χ1) is 16.4. The molecule has 2 amide bonds. The predicted octanol–water partition coefficient (Wildman–Crippen LogP) is 5.48. The average Bonchev–Trinajstić information content (AvgIpc) is 3.31. The SMILES string of the molecule is CCCCOc1ccc(C(=O)N[C@H](C(=O)Nc2nnc(-c3ccc(C)cc3)s2)[C@H](C)CC)cc1. The summed E-state index contributed by atoms with van der Waals surface area (Å²) in [4.78, 5) is 25.9. The van der Waals surface area contributed by atoms with Gasteiger partial charge in [-0.15, -0.1) is 10.2 Å². The minimum Gasteiger partial charge on any atom is -0.494 e. The molecule has 2 aromatic carbocycles. The summed E-state index contributed by atoms with van der Waals surface area (Å²) in [5.41, 5.74) is 2.58. The van der Waals surface area contributed by atoms with Crippen LogP contribution in [0.4, 0.5) is 5.13 Å². The molecule has 3 aromatic rings. The number of nitrogens with one attached hydrogen (secondary N) is 2. The lowest BCUT2D eigenvalue weighted by Crippen LogP contribution is -2.47.